The molecule has 1 fully saturated rings. The summed E-state index contributed by atoms with van der Waals surface area (Å²) in [5.74, 6) is 1.29. The summed E-state index contributed by atoms with van der Waals surface area (Å²) in [7, 11) is 2.34. The molecule has 0 spiro atoms. The van der Waals surface area contributed by atoms with Crippen molar-refractivity contribution < 1.29 is 17.3 Å². The molecular weight excluding hydrogens is 325 g/mol. The quantitative estimate of drug-likeness (QED) is 0.832. The first-order chi connectivity index (χ1) is 9.49. The average molecular weight is 351 g/mol. The predicted octanol–water partition coefficient (Wildman–Crippen LogP) is 1.19. The molecular formula is C17H26Cl3N. The van der Waals surface area contributed by atoms with Crippen molar-refractivity contribution in [1.82, 2.24) is 0 Å². The molecule has 0 aliphatic carbocycles. The van der Waals surface area contributed by atoms with Gasteiger partial charge in [0.15, 0.2) is 0 Å². The molecule has 120 valence electrons. The highest BCUT2D eigenvalue weighted by molar-refractivity contribution is 6.42. The van der Waals surface area contributed by atoms with Gasteiger partial charge < -0.3 is 17.3 Å². The number of nitrogens with one attached hydrogen (secondary N) is 1. The molecule has 4 heteroatoms. The molecule has 1 nitrogen and oxygen atoms in total. The van der Waals surface area contributed by atoms with Gasteiger partial charge in [-0.1, -0.05) is 43.1 Å². The van der Waals surface area contributed by atoms with Crippen LogP contribution in [0.1, 0.15) is 51.0 Å². The van der Waals surface area contributed by atoms with Crippen LogP contribution in [-0.4, -0.2) is 19.6 Å². The van der Waals surface area contributed by atoms with Crippen molar-refractivity contribution in [2.45, 2.75) is 51.5 Å². The lowest BCUT2D eigenvalue weighted by molar-refractivity contribution is -0.913. The second kappa shape index (κ2) is 8.62. The van der Waals surface area contributed by atoms with Crippen LogP contribution in [0.25, 0.3) is 0 Å². The van der Waals surface area contributed by atoms with Crippen molar-refractivity contribution in [3.63, 3.8) is 0 Å². The van der Waals surface area contributed by atoms with Crippen LogP contribution in [0.5, 0.6) is 0 Å². The van der Waals surface area contributed by atoms with Crippen molar-refractivity contribution in [3.8, 4) is 0 Å². The van der Waals surface area contributed by atoms with Gasteiger partial charge in [0.1, 0.15) is 0 Å². The van der Waals surface area contributed by atoms with Crippen molar-refractivity contribution >= 4 is 23.2 Å². The molecule has 1 saturated heterocycles. The fourth-order valence-electron chi connectivity index (χ4n) is 3.53. The van der Waals surface area contributed by atoms with Gasteiger partial charge in [-0.15, -0.1) is 0 Å². The Morgan fingerprint density at radius 2 is 1.90 bits per heavy atom. The third-order valence-electron chi connectivity index (χ3n) is 4.55. The van der Waals surface area contributed by atoms with Crippen LogP contribution in [0.2, 0.25) is 10.0 Å². The van der Waals surface area contributed by atoms with Gasteiger partial charge in [0.05, 0.1) is 29.7 Å². The Labute approximate surface area is 145 Å². The Bertz CT molecular complexity index is 448. The molecule has 0 bridgehead atoms. The molecule has 1 aliphatic rings. The van der Waals surface area contributed by atoms with E-state index in [2.05, 4.69) is 33.0 Å². The lowest BCUT2D eigenvalue weighted by Gasteiger charge is -2.36. The van der Waals surface area contributed by atoms with E-state index in [4.69, 9.17) is 23.2 Å². The zero-order valence-corrected chi connectivity index (χ0v) is 15.4. The summed E-state index contributed by atoms with van der Waals surface area (Å²) in [6.07, 6.45) is 5.26. The van der Waals surface area contributed by atoms with Crippen LogP contribution >= 0.6 is 23.2 Å². The predicted molar refractivity (Wildman–Crippen MR) is 88.1 cm³/mol. The summed E-state index contributed by atoms with van der Waals surface area (Å²) in [5.41, 5.74) is 1.36. The Hall–Kier alpha value is 0.0500. The molecule has 3 atom stereocenters. The number of hydrogen-bond donors (Lipinski definition) is 1. The first-order valence-electron chi connectivity index (χ1n) is 7.76. The largest absolute Gasteiger partial charge is 1.00 e. The summed E-state index contributed by atoms with van der Waals surface area (Å²) < 4.78 is 0. The summed E-state index contributed by atoms with van der Waals surface area (Å²) in [5, 5.41) is 1.34. The second-order valence-electron chi connectivity index (χ2n) is 6.61. The minimum Gasteiger partial charge on any atom is -1.00 e. The lowest BCUT2D eigenvalue weighted by Crippen LogP contribution is -3.14. The number of rotatable bonds is 4. The molecule has 1 heterocycles. The maximum Gasteiger partial charge on any atom is 0.0942 e. The van der Waals surface area contributed by atoms with Gasteiger partial charge in [-0.2, -0.15) is 0 Å². The Morgan fingerprint density at radius 3 is 2.48 bits per heavy atom. The maximum absolute atomic E-state index is 6.23. The van der Waals surface area contributed by atoms with Gasteiger partial charge in [-0.05, 0) is 42.9 Å². The molecule has 0 aromatic heterocycles. The van der Waals surface area contributed by atoms with Gasteiger partial charge in [0.25, 0.3) is 0 Å². The topological polar surface area (TPSA) is 4.44 Å². The third kappa shape index (κ3) is 5.03. The number of benzene rings is 1. The molecule has 21 heavy (non-hydrogen) atoms. The number of quaternary nitrogens is 1. The zero-order valence-electron chi connectivity index (χ0n) is 13.1. The highest BCUT2D eigenvalue weighted by atomic mass is 35.5. The van der Waals surface area contributed by atoms with E-state index in [0.717, 1.165) is 0 Å². The minimum atomic E-state index is 0. The molecule has 0 amide bonds. The summed E-state index contributed by atoms with van der Waals surface area (Å²) >= 11 is 12.3. The standard InChI is InChI=1S/C17H25Cl2N.ClH/c1-12(2)10-14(17-6-4-5-9-20(17)3)13-7-8-15(18)16(19)11-13;/h7-8,11-12,14,17H,4-6,9-10H2,1-3H3;1H/t14-,17-;/m1./s1. The molecule has 1 aromatic rings. The van der Waals surface area contributed by atoms with Crippen LogP contribution in [0, 0.1) is 5.92 Å². The monoisotopic (exact) mass is 349 g/mol. The third-order valence-corrected chi connectivity index (χ3v) is 5.29. The van der Waals surface area contributed by atoms with E-state index < -0.39 is 0 Å². The van der Waals surface area contributed by atoms with E-state index in [-0.39, 0.29) is 12.4 Å². The number of hydrogen-bond acceptors (Lipinski definition) is 0. The molecule has 1 aromatic carbocycles. The fourth-order valence-corrected chi connectivity index (χ4v) is 3.83. The van der Waals surface area contributed by atoms with Crippen LogP contribution in [0.4, 0.5) is 0 Å². The number of piperidine rings is 1. The smallest absolute Gasteiger partial charge is 0.0942 e. The molecule has 0 saturated carbocycles. The number of likely N-dealkylation sites (tertiary alicyclic amines) is 1. The number of likely N-dealkylation sites (N-methyl/N-ethyl adjacent to an activating group) is 1. The Morgan fingerprint density at radius 1 is 1.19 bits per heavy atom. The number of halogens is 3. The van der Waals surface area contributed by atoms with Crippen LogP contribution < -0.4 is 17.3 Å². The molecule has 1 unspecified atom stereocenters. The summed E-state index contributed by atoms with van der Waals surface area (Å²) in [4.78, 5) is 1.67. The van der Waals surface area contributed by atoms with E-state index in [1.165, 1.54) is 37.8 Å². The Balaban J connectivity index is 0.00000220. The molecule has 1 N–H and O–H groups in total. The lowest BCUT2D eigenvalue weighted by atomic mass is 9.80. The summed E-state index contributed by atoms with van der Waals surface area (Å²) in [6, 6.07) is 6.91. The first kappa shape index (κ1) is 19.1. The van der Waals surface area contributed by atoms with E-state index in [9.17, 15) is 0 Å². The van der Waals surface area contributed by atoms with Gasteiger partial charge >= 0.3 is 0 Å². The molecule has 0 radical (unpaired) electrons. The first-order valence-corrected chi connectivity index (χ1v) is 8.52. The SMILES string of the molecule is CC(C)C[C@H](c1ccc(Cl)c(Cl)c1)[C@H]1CCCC[NH+]1C.[Cl-]. The van der Waals surface area contributed by atoms with E-state index in [1.54, 1.807) is 4.90 Å². The van der Waals surface area contributed by atoms with Gasteiger partial charge in [0, 0.05) is 12.3 Å². The van der Waals surface area contributed by atoms with Crippen molar-refractivity contribution in [1.29, 1.82) is 0 Å². The second-order valence-corrected chi connectivity index (χ2v) is 7.42. The van der Waals surface area contributed by atoms with Crippen molar-refractivity contribution in [2.75, 3.05) is 13.6 Å². The fraction of sp³-hybridized carbons (Fsp3) is 0.647. The normalized spacial score (nSPS) is 23.7. The highest BCUT2D eigenvalue weighted by Gasteiger charge is 2.32. The van der Waals surface area contributed by atoms with Crippen LogP contribution in [0.3, 0.4) is 0 Å². The van der Waals surface area contributed by atoms with E-state index >= 15 is 0 Å². The minimum absolute atomic E-state index is 0. The highest BCUT2D eigenvalue weighted by Crippen LogP contribution is 2.33. The maximum atomic E-state index is 6.23. The van der Waals surface area contributed by atoms with E-state index in [1.807, 2.05) is 6.07 Å². The van der Waals surface area contributed by atoms with Crippen LogP contribution in [0.15, 0.2) is 18.2 Å². The summed E-state index contributed by atoms with van der Waals surface area (Å²) in [6.45, 7) is 5.91. The van der Waals surface area contributed by atoms with Crippen molar-refractivity contribution in [2.24, 2.45) is 5.92 Å². The Kier molecular flexibility index (Phi) is 7.84. The van der Waals surface area contributed by atoms with Crippen LogP contribution in [-0.2, 0) is 0 Å². The molecule has 2 rings (SSSR count). The van der Waals surface area contributed by atoms with Gasteiger partial charge in [0.2, 0.25) is 0 Å². The zero-order chi connectivity index (χ0) is 14.7. The van der Waals surface area contributed by atoms with Gasteiger partial charge in [-0.3, -0.25) is 0 Å². The average Bonchev–Trinajstić information content (AvgIpc) is 2.40. The van der Waals surface area contributed by atoms with Crippen molar-refractivity contribution in [3.05, 3.63) is 33.8 Å². The molecule has 1 aliphatic heterocycles. The van der Waals surface area contributed by atoms with E-state index in [0.29, 0.717) is 27.9 Å². The van der Waals surface area contributed by atoms with Gasteiger partial charge in [-0.25, -0.2) is 0 Å².